The number of hydrogen-bond acceptors (Lipinski definition) is 3. The van der Waals surface area contributed by atoms with E-state index in [1.54, 1.807) is 0 Å². The van der Waals surface area contributed by atoms with Gasteiger partial charge in [0.15, 0.2) is 11.6 Å². The van der Waals surface area contributed by atoms with Crippen LogP contribution in [0, 0.1) is 24.5 Å². The summed E-state index contributed by atoms with van der Waals surface area (Å²) in [5.74, 6) is -1.92. The lowest BCUT2D eigenvalue weighted by atomic mass is 9.74. The van der Waals surface area contributed by atoms with E-state index in [4.69, 9.17) is 4.74 Å². The molecule has 2 aromatic carbocycles. The summed E-state index contributed by atoms with van der Waals surface area (Å²) in [5.41, 5.74) is 1.80. The molecule has 1 aliphatic heterocycles. The number of amides is 1. The molecule has 2 aromatic rings. The number of aryl methyl sites for hydroxylation is 1. The fraction of sp³-hybridized carbons (Fsp3) is 0.381. The Morgan fingerprint density at radius 2 is 2.00 bits per heavy atom. The summed E-state index contributed by atoms with van der Waals surface area (Å²) in [4.78, 5) is 12.7. The highest BCUT2D eigenvalue weighted by molar-refractivity contribution is 5.94. The Balaban J connectivity index is 1.62. The zero-order valence-corrected chi connectivity index (χ0v) is 15.0. The molecule has 0 bridgehead atoms. The molecule has 0 spiro atoms. The Morgan fingerprint density at radius 1 is 1.22 bits per heavy atom. The maximum absolute atomic E-state index is 14.2. The van der Waals surface area contributed by atoms with E-state index in [1.165, 1.54) is 19.1 Å². The molecule has 0 aromatic heterocycles. The smallest absolute Gasteiger partial charge is 0.254 e. The van der Waals surface area contributed by atoms with E-state index in [-0.39, 0.29) is 29.2 Å². The monoisotopic (exact) mass is 373 g/mol. The van der Waals surface area contributed by atoms with Crippen LogP contribution in [0.4, 0.5) is 8.78 Å². The number of aliphatic hydroxyl groups is 1. The van der Waals surface area contributed by atoms with Crippen molar-refractivity contribution >= 4 is 5.91 Å². The average Bonchev–Trinajstić information content (AvgIpc) is 3.09. The first-order chi connectivity index (χ1) is 12.9. The lowest BCUT2D eigenvalue weighted by Gasteiger charge is -2.38. The van der Waals surface area contributed by atoms with Gasteiger partial charge < -0.3 is 15.2 Å². The zero-order chi connectivity index (χ0) is 19.1. The molecule has 1 atom stereocenters. The Hall–Kier alpha value is -2.47. The number of nitrogens with one attached hydrogen (secondary N) is 1. The Morgan fingerprint density at radius 3 is 2.74 bits per heavy atom. The number of carbonyl (C=O) groups excluding carboxylic acids is 1. The van der Waals surface area contributed by atoms with Gasteiger partial charge >= 0.3 is 0 Å². The molecule has 1 unspecified atom stereocenters. The normalized spacial score (nSPS) is 21.8. The third-order valence-corrected chi connectivity index (χ3v) is 5.50. The van der Waals surface area contributed by atoms with Gasteiger partial charge in [-0.15, -0.1) is 0 Å². The van der Waals surface area contributed by atoms with Gasteiger partial charge in [-0.05, 0) is 60.6 Å². The summed E-state index contributed by atoms with van der Waals surface area (Å²) >= 11 is 0. The number of halogens is 2. The second kappa shape index (κ2) is 6.93. The minimum atomic E-state index is -1.14. The van der Waals surface area contributed by atoms with Crippen molar-refractivity contribution in [2.75, 3.05) is 6.61 Å². The van der Waals surface area contributed by atoms with Crippen LogP contribution >= 0.6 is 0 Å². The van der Waals surface area contributed by atoms with Crippen LogP contribution in [0.2, 0.25) is 0 Å². The minimum absolute atomic E-state index is 0.0441. The lowest BCUT2D eigenvalue weighted by molar-refractivity contribution is 0.0234. The summed E-state index contributed by atoms with van der Waals surface area (Å²) in [6.45, 7) is 2.08. The van der Waals surface area contributed by atoms with E-state index in [1.807, 2.05) is 18.2 Å². The van der Waals surface area contributed by atoms with Gasteiger partial charge in [0.2, 0.25) is 0 Å². The van der Waals surface area contributed by atoms with Crippen LogP contribution in [0.1, 0.15) is 45.9 Å². The molecule has 2 N–H and O–H groups in total. The summed E-state index contributed by atoms with van der Waals surface area (Å²) in [6.07, 6.45) is 1.53. The first kappa shape index (κ1) is 17.9. The average molecular weight is 373 g/mol. The number of carbonyl (C=O) groups is 1. The van der Waals surface area contributed by atoms with Crippen molar-refractivity contribution in [2.24, 2.45) is 5.92 Å². The Bertz CT molecular complexity index is 893. The van der Waals surface area contributed by atoms with Crippen LogP contribution in [-0.2, 0) is 6.42 Å². The van der Waals surface area contributed by atoms with E-state index < -0.39 is 17.5 Å². The van der Waals surface area contributed by atoms with Gasteiger partial charge in [0.25, 0.3) is 5.91 Å². The summed E-state index contributed by atoms with van der Waals surface area (Å²) in [5, 5.41) is 12.5. The highest BCUT2D eigenvalue weighted by Gasteiger charge is 2.36. The van der Waals surface area contributed by atoms with Crippen molar-refractivity contribution in [1.29, 1.82) is 0 Å². The molecule has 4 nitrogen and oxygen atoms in total. The molecule has 1 aliphatic carbocycles. The van der Waals surface area contributed by atoms with E-state index in [2.05, 4.69) is 5.32 Å². The minimum Gasteiger partial charge on any atom is -0.493 e. The van der Waals surface area contributed by atoms with Gasteiger partial charge in [-0.1, -0.05) is 12.1 Å². The maximum atomic E-state index is 14.2. The Labute approximate surface area is 156 Å². The first-order valence-corrected chi connectivity index (χ1v) is 9.13. The van der Waals surface area contributed by atoms with Crippen LogP contribution in [0.15, 0.2) is 30.3 Å². The predicted octanol–water partition coefficient (Wildman–Crippen LogP) is 3.45. The second-order valence-corrected chi connectivity index (χ2v) is 7.36. The summed E-state index contributed by atoms with van der Waals surface area (Å²) in [7, 11) is 0. The van der Waals surface area contributed by atoms with Crippen LogP contribution in [0.3, 0.4) is 0 Å². The van der Waals surface area contributed by atoms with E-state index in [0.717, 1.165) is 23.3 Å². The van der Waals surface area contributed by atoms with Crippen molar-refractivity contribution in [1.82, 2.24) is 5.32 Å². The molecule has 142 valence electrons. The van der Waals surface area contributed by atoms with Gasteiger partial charge in [-0.25, -0.2) is 8.78 Å². The standard InChI is InChI=1S/C21H21F2NO3/c1-11-2-4-16(19(23)18(11)22)21(26)24-20(14-9-15(25)10-14)13-3-5-17-12(8-13)6-7-27-17/h2-5,8,14-15,20,25H,6-7,9-10H2,1H3,(H,24,26). The molecule has 27 heavy (non-hydrogen) atoms. The van der Waals surface area contributed by atoms with Gasteiger partial charge in [0.05, 0.1) is 24.3 Å². The molecule has 1 fully saturated rings. The van der Waals surface area contributed by atoms with Gasteiger partial charge in [-0.3, -0.25) is 4.79 Å². The fourth-order valence-corrected chi connectivity index (χ4v) is 3.82. The van der Waals surface area contributed by atoms with E-state index in [9.17, 15) is 18.7 Å². The molecule has 1 heterocycles. The highest BCUT2D eigenvalue weighted by atomic mass is 19.2. The highest BCUT2D eigenvalue weighted by Crippen LogP contribution is 2.40. The molecule has 6 heteroatoms. The molecule has 4 rings (SSSR count). The third kappa shape index (κ3) is 3.30. The third-order valence-electron chi connectivity index (χ3n) is 5.50. The Kier molecular flexibility index (Phi) is 4.60. The largest absolute Gasteiger partial charge is 0.493 e. The number of ether oxygens (including phenoxy) is 1. The van der Waals surface area contributed by atoms with Crippen LogP contribution < -0.4 is 10.1 Å². The van der Waals surface area contributed by atoms with E-state index in [0.29, 0.717) is 19.4 Å². The summed E-state index contributed by atoms with van der Waals surface area (Å²) in [6, 6.07) is 8.05. The molecule has 1 saturated carbocycles. The van der Waals surface area contributed by atoms with Crippen LogP contribution in [-0.4, -0.2) is 23.7 Å². The van der Waals surface area contributed by atoms with Gasteiger partial charge in [0, 0.05) is 6.42 Å². The van der Waals surface area contributed by atoms with Crippen LogP contribution in [0.5, 0.6) is 5.75 Å². The van der Waals surface area contributed by atoms with Gasteiger partial charge in [0.1, 0.15) is 5.75 Å². The van der Waals surface area contributed by atoms with Crippen LogP contribution in [0.25, 0.3) is 0 Å². The number of hydrogen-bond donors (Lipinski definition) is 2. The van der Waals surface area contributed by atoms with Crippen molar-refractivity contribution in [3.63, 3.8) is 0 Å². The van der Waals surface area contributed by atoms with Crippen molar-refractivity contribution in [3.05, 3.63) is 64.2 Å². The zero-order valence-electron chi connectivity index (χ0n) is 15.0. The number of aliphatic hydroxyl groups excluding tert-OH is 1. The van der Waals surface area contributed by atoms with Crippen molar-refractivity contribution in [2.45, 2.75) is 38.3 Å². The fourth-order valence-electron chi connectivity index (χ4n) is 3.82. The number of rotatable bonds is 4. The number of fused-ring (bicyclic) bond motifs is 1. The maximum Gasteiger partial charge on any atom is 0.254 e. The molecule has 1 amide bonds. The predicted molar refractivity (Wildman–Crippen MR) is 95.7 cm³/mol. The molecule has 0 radical (unpaired) electrons. The molecular formula is C21H21F2NO3. The summed E-state index contributed by atoms with van der Waals surface area (Å²) < 4.78 is 33.6. The SMILES string of the molecule is Cc1ccc(C(=O)NC(c2ccc3c(c2)CCO3)C2CC(O)C2)c(F)c1F. The van der Waals surface area contributed by atoms with Crippen molar-refractivity contribution in [3.8, 4) is 5.75 Å². The molecule has 0 saturated heterocycles. The second-order valence-electron chi connectivity index (χ2n) is 7.36. The molecule has 2 aliphatic rings. The topological polar surface area (TPSA) is 58.6 Å². The lowest BCUT2D eigenvalue weighted by Crippen LogP contribution is -2.41. The number of benzene rings is 2. The van der Waals surface area contributed by atoms with E-state index >= 15 is 0 Å². The first-order valence-electron chi connectivity index (χ1n) is 9.13. The molecular weight excluding hydrogens is 352 g/mol. The quantitative estimate of drug-likeness (QED) is 0.863. The van der Waals surface area contributed by atoms with Crippen molar-refractivity contribution < 1.29 is 23.4 Å². The van der Waals surface area contributed by atoms with Gasteiger partial charge in [-0.2, -0.15) is 0 Å².